The Kier molecular flexibility index (Phi) is 3.38. The number of rotatable bonds is 3. The highest BCUT2D eigenvalue weighted by Gasteiger charge is 2.34. The van der Waals surface area contributed by atoms with Gasteiger partial charge in [0.2, 0.25) is 0 Å². The normalized spacial score (nSPS) is 23.6. The van der Waals surface area contributed by atoms with E-state index in [2.05, 4.69) is 5.32 Å². The lowest BCUT2D eigenvalue weighted by atomic mass is 10.0. The van der Waals surface area contributed by atoms with Crippen LogP contribution in [0.1, 0.15) is 29.8 Å². The number of carbonyl (C=O) groups excluding carboxylic acids is 1. The fourth-order valence-electron chi connectivity index (χ4n) is 2.10. The van der Waals surface area contributed by atoms with Crippen molar-refractivity contribution in [3.63, 3.8) is 0 Å². The van der Waals surface area contributed by atoms with Gasteiger partial charge in [-0.1, -0.05) is 6.42 Å². The van der Waals surface area contributed by atoms with Crippen molar-refractivity contribution in [1.29, 1.82) is 0 Å². The van der Waals surface area contributed by atoms with Crippen molar-refractivity contribution >= 4 is 23.5 Å². The minimum Gasteiger partial charge on any atom is -0.481 e. The predicted octanol–water partition coefficient (Wildman–Crippen LogP) is 1.92. The fourth-order valence-corrected chi connectivity index (χ4v) is 2.25. The van der Waals surface area contributed by atoms with Gasteiger partial charge in [0.25, 0.3) is 5.91 Å². The van der Waals surface area contributed by atoms with Crippen molar-refractivity contribution in [2.75, 3.05) is 0 Å². The molecule has 6 heteroatoms. The van der Waals surface area contributed by atoms with Crippen molar-refractivity contribution in [1.82, 2.24) is 5.32 Å². The highest BCUT2D eigenvalue weighted by atomic mass is 35.5. The molecule has 0 unspecified atom stereocenters. The van der Waals surface area contributed by atoms with Crippen LogP contribution in [0.3, 0.4) is 0 Å². The summed E-state index contributed by atoms with van der Waals surface area (Å²) >= 11 is 5.56. The molecule has 1 aromatic heterocycles. The molecule has 1 saturated carbocycles. The number of furan rings is 1. The van der Waals surface area contributed by atoms with Crippen LogP contribution in [-0.2, 0) is 4.79 Å². The minimum absolute atomic E-state index is 0.103. The van der Waals surface area contributed by atoms with Crippen LogP contribution in [0.5, 0.6) is 0 Å². The Hall–Kier alpha value is -1.49. The monoisotopic (exact) mass is 257 g/mol. The molecule has 5 nitrogen and oxygen atoms in total. The molecular weight excluding hydrogens is 246 g/mol. The standard InChI is InChI=1S/C11H12ClNO4/c12-9-5-4-8(17-9)10(14)13-7-3-1-2-6(7)11(15)16/h4-7H,1-3H2,(H,13,14)(H,15,16)/t6-,7-/m0/s1. The molecule has 1 aromatic rings. The van der Waals surface area contributed by atoms with Crippen LogP contribution in [0.25, 0.3) is 0 Å². The second-order valence-electron chi connectivity index (χ2n) is 4.06. The highest BCUT2D eigenvalue weighted by Crippen LogP contribution is 2.26. The van der Waals surface area contributed by atoms with E-state index < -0.39 is 17.8 Å². The zero-order valence-corrected chi connectivity index (χ0v) is 9.74. The second kappa shape index (κ2) is 4.79. The van der Waals surface area contributed by atoms with E-state index in [1.165, 1.54) is 12.1 Å². The lowest BCUT2D eigenvalue weighted by molar-refractivity contribution is -0.142. The first kappa shape index (κ1) is 12.0. The summed E-state index contributed by atoms with van der Waals surface area (Å²) in [4.78, 5) is 22.7. The summed E-state index contributed by atoms with van der Waals surface area (Å²) in [5.74, 6) is -1.70. The first-order valence-electron chi connectivity index (χ1n) is 5.37. The van der Waals surface area contributed by atoms with Gasteiger partial charge in [0.05, 0.1) is 5.92 Å². The van der Waals surface area contributed by atoms with Gasteiger partial charge >= 0.3 is 5.97 Å². The molecule has 0 bridgehead atoms. The summed E-state index contributed by atoms with van der Waals surface area (Å²) in [6, 6.07) is 2.60. The van der Waals surface area contributed by atoms with Crippen LogP contribution in [0.15, 0.2) is 16.5 Å². The zero-order chi connectivity index (χ0) is 12.4. The third-order valence-corrected chi connectivity index (χ3v) is 3.15. The topological polar surface area (TPSA) is 79.5 Å². The quantitative estimate of drug-likeness (QED) is 0.867. The number of hydrogen-bond donors (Lipinski definition) is 2. The van der Waals surface area contributed by atoms with Crippen LogP contribution in [0.2, 0.25) is 5.22 Å². The first-order chi connectivity index (χ1) is 8.08. The summed E-state index contributed by atoms with van der Waals surface area (Å²) in [5, 5.41) is 11.8. The Bertz CT molecular complexity index is 442. The molecule has 0 spiro atoms. The van der Waals surface area contributed by atoms with Crippen LogP contribution >= 0.6 is 11.6 Å². The molecule has 0 aliphatic heterocycles. The second-order valence-corrected chi connectivity index (χ2v) is 4.43. The summed E-state index contributed by atoms with van der Waals surface area (Å²) in [5.41, 5.74) is 0. The Balaban J connectivity index is 2.01. The number of amides is 1. The van der Waals surface area contributed by atoms with E-state index in [4.69, 9.17) is 21.1 Å². The van der Waals surface area contributed by atoms with E-state index in [0.29, 0.717) is 12.8 Å². The summed E-state index contributed by atoms with van der Waals surface area (Å²) in [6.45, 7) is 0. The molecular formula is C11H12ClNO4. The van der Waals surface area contributed by atoms with Crippen LogP contribution in [-0.4, -0.2) is 23.0 Å². The smallest absolute Gasteiger partial charge is 0.308 e. The third kappa shape index (κ3) is 2.61. The molecule has 0 saturated heterocycles. The van der Waals surface area contributed by atoms with E-state index in [1.54, 1.807) is 0 Å². The van der Waals surface area contributed by atoms with E-state index in [-0.39, 0.29) is 17.0 Å². The number of halogens is 1. The Morgan fingerprint density at radius 2 is 2.18 bits per heavy atom. The average molecular weight is 258 g/mol. The predicted molar refractivity (Wildman–Crippen MR) is 59.9 cm³/mol. The number of nitrogens with one attached hydrogen (secondary N) is 1. The highest BCUT2D eigenvalue weighted by molar-refractivity contribution is 6.29. The molecule has 1 aliphatic rings. The lowest BCUT2D eigenvalue weighted by Gasteiger charge is -2.16. The Morgan fingerprint density at radius 1 is 1.41 bits per heavy atom. The average Bonchev–Trinajstić information content (AvgIpc) is 2.86. The fraction of sp³-hybridized carbons (Fsp3) is 0.455. The summed E-state index contributed by atoms with van der Waals surface area (Å²) in [7, 11) is 0. The van der Waals surface area contributed by atoms with E-state index in [9.17, 15) is 9.59 Å². The SMILES string of the molecule is O=C(N[C@H]1CCC[C@@H]1C(=O)O)c1ccc(Cl)o1. The van der Waals surface area contributed by atoms with E-state index in [1.807, 2.05) is 0 Å². The van der Waals surface area contributed by atoms with E-state index >= 15 is 0 Å². The van der Waals surface area contributed by atoms with Gasteiger partial charge in [-0.15, -0.1) is 0 Å². The van der Waals surface area contributed by atoms with Gasteiger partial charge in [-0.2, -0.15) is 0 Å². The molecule has 2 atom stereocenters. The molecule has 1 fully saturated rings. The maximum Gasteiger partial charge on any atom is 0.308 e. The number of carbonyl (C=O) groups is 2. The van der Waals surface area contributed by atoms with Crippen molar-refractivity contribution in [2.45, 2.75) is 25.3 Å². The van der Waals surface area contributed by atoms with Crippen molar-refractivity contribution < 1.29 is 19.1 Å². The van der Waals surface area contributed by atoms with Crippen LogP contribution in [0, 0.1) is 5.92 Å². The van der Waals surface area contributed by atoms with Gasteiger partial charge in [-0.3, -0.25) is 9.59 Å². The molecule has 0 aromatic carbocycles. The zero-order valence-electron chi connectivity index (χ0n) is 8.98. The van der Waals surface area contributed by atoms with Crippen molar-refractivity contribution in [3.05, 3.63) is 23.1 Å². The molecule has 0 radical (unpaired) electrons. The van der Waals surface area contributed by atoms with E-state index in [0.717, 1.165) is 6.42 Å². The first-order valence-corrected chi connectivity index (χ1v) is 5.74. The van der Waals surface area contributed by atoms with Gasteiger partial charge < -0.3 is 14.8 Å². The van der Waals surface area contributed by atoms with Gasteiger partial charge in [0.15, 0.2) is 11.0 Å². The van der Waals surface area contributed by atoms with Crippen molar-refractivity contribution in [3.8, 4) is 0 Å². The Morgan fingerprint density at radius 3 is 2.76 bits per heavy atom. The molecule has 2 rings (SSSR count). The maximum atomic E-state index is 11.7. The number of aliphatic carboxylic acids is 1. The lowest BCUT2D eigenvalue weighted by Crippen LogP contribution is -2.40. The molecule has 2 N–H and O–H groups in total. The Labute approximate surface area is 103 Å². The van der Waals surface area contributed by atoms with Crippen LogP contribution < -0.4 is 5.32 Å². The van der Waals surface area contributed by atoms with Gasteiger partial charge in [0.1, 0.15) is 0 Å². The van der Waals surface area contributed by atoms with Gasteiger partial charge in [0, 0.05) is 6.04 Å². The van der Waals surface area contributed by atoms with Crippen LogP contribution in [0.4, 0.5) is 0 Å². The van der Waals surface area contributed by atoms with Gasteiger partial charge in [-0.25, -0.2) is 0 Å². The minimum atomic E-state index is -0.870. The number of hydrogen-bond acceptors (Lipinski definition) is 3. The van der Waals surface area contributed by atoms with Crippen molar-refractivity contribution in [2.24, 2.45) is 5.92 Å². The molecule has 17 heavy (non-hydrogen) atoms. The maximum absolute atomic E-state index is 11.7. The molecule has 1 aliphatic carbocycles. The summed E-state index contributed by atoms with van der Waals surface area (Å²) < 4.78 is 4.96. The van der Waals surface area contributed by atoms with Gasteiger partial charge in [-0.05, 0) is 36.6 Å². The molecule has 1 heterocycles. The largest absolute Gasteiger partial charge is 0.481 e. The number of carboxylic acid groups (broad SMARTS) is 1. The number of carboxylic acids is 1. The third-order valence-electron chi connectivity index (χ3n) is 2.95. The molecule has 92 valence electrons. The molecule has 1 amide bonds. The summed E-state index contributed by atoms with van der Waals surface area (Å²) in [6.07, 6.45) is 2.08.